The van der Waals surface area contributed by atoms with Crippen molar-refractivity contribution in [3.8, 4) is 0 Å². The summed E-state index contributed by atoms with van der Waals surface area (Å²) in [7, 11) is 0. The first-order valence-electron chi connectivity index (χ1n) is 5.85. The molecule has 2 aromatic carbocycles. The third kappa shape index (κ3) is 3.65. The Morgan fingerprint density at radius 2 is 1.89 bits per heavy atom. The topological polar surface area (TPSA) is 20.2 Å². The molecule has 2 rings (SSSR count). The van der Waals surface area contributed by atoms with Crippen molar-refractivity contribution in [1.82, 2.24) is 0 Å². The molecule has 0 saturated heterocycles. The fourth-order valence-electron chi connectivity index (χ4n) is 2.01. The van der Waals surface area contributed by atoms with Gasteiger partial charge in [0.15, 0.2) is 0 Å². The number of aliphatic hydroxyl groups excluding tert-OH is 1. The number of hydrogen-bond donors (Lipinski definition) is 1. The normalized spacial score (nSPS) is 12.5. The van der Waals surface area contributed by atoms with Crippen molar-refractivity contribution in [3.63, 3.8) is 0 Å². The minimum Gasteiger partial charge on any atom is -0.388 e. The van der Waals surface area contributed by atoms with E-state index in [1.165, 1.54) is 6.07 Å². The van der Waals surface area contributed by atoms with Gasteiger partial charge in [0.25, 0.3) is 0 Å². The van der Waals surface area contributed by atoms with E-state index in [0.29, 0.717) is 10.9 Å². The molecular weight excluding hydrogens is 375 g/mol. The third-order valence-corrected chi connectivity index (χ3v) is 4.10. The summed E-state index contributed by atoms with van der Waals surface area (Å²) in [6.07, 6.45) is -0.132. The molecule has 0 amide bonds. The van der Waals surface area contributed by atoms with Crippen molar-refractivity contribution < 1.29 is 9.50 Å². The summed E-state index contributed by atoms with van der Waals surface area (Å²) < 4.78 is 14.6. The molecule has 0 heterocycles. The van der Waals surface area contributed by atoms with E-state index in [2.05, 4.69) is 31.9 Å². The van der Waals surface area contributed by atoms with Crippen molar-refractivity contribution in [2.24, 2.45) is 0 Å². The fraction of sp³-hybridized carbons (Fsp3) is 0.200. The van der Waals surface area contributed by atoms with Gasteiger partial charge in [0, 0.05) is 10.9 Å². The highest BCUT2D eigenvalue weighted by atomic mass is 79.9. The highest BCUT2D eigenvalue weighted by molar-refractivity contribution is 9.10. The summed E-state index contributed by atoms with van der Waals surface area (Å²) in [5.41, 5.74) is 2.81. The molecule has 1 nitrogen and oxygen atoms in total. The molecule has 0 saturated carbocycles. The number of aliphatic hydroxyl groups is 1. The second-order valence-corrected chi connectivity index (χ2v) is 6.24. The second-order valence-electron chi connectivity index (χ2n) is 4.47. The quantitative estimate of drug-likeness (QED) is 0.791. The lowest BCUT2D eigenvalue weighted by Crippen LogP contribution is -2.04. The Morgan fingerprint density at radius 1 is 1.16 bits per heavy atom. The molecule has 4 heteroatoms. The molecule has 100 valence electrons. The van der Waals surface area contributed by atoms with Crippen molar-refractivity contribution in [3.05, 3.63) is 67.9 Å². The average Bonchev–Trinajstić information content (AvgIpc) is 2.33. The first-order chi connectivity index (χ1) is 8.97. The van der Waals surface area contributed by atoms with Gasteiger partial charge in [-0.1, -0.05) is 28.1 Å². The number of aryl methyl sites for hydroxylation is 1. The van der Waals surface area contributed by atoms with Gasteiger partial charge in [-0.15, -0.1) is 0 Å². The molecule has 1 N–H and O–H groups in total. The smallest absolute Gasteiger partial charge is 0.137 e. The van der Waals surface area contributed by atoms with Gasteiger partial charge in [0.2, 0.25) is 0 Å². The van der Waals surface area contributed by atoms with Crippen molar-refractivity contribution in [2.45, 2.75) is 19.4 Å². The van der Waals surface area contributed by atoms with Crippen molar-refractivity contribution >= 4 is 31.9 Å². The van der Waals surface area contributed by atoms with Crippen LogP contribution in [0, 0.1) is 12.7 Å². The van der Waals surface area contributed by atoms with Gasteiger partial charge in [0.05, 0.1) is 10.6 Å². The van der Waals surface area contributed by atoms with E-state index >= 15 is 0 Å². The summed E-state index contributed by atoms with van der Waals surface area (Å²) in [6.45, 7) is 1.96. The van der Waals surface area contributed by atoms with Crippen LogP contribution in [-0.4, -0.2) is 5.11 Å². The zero-order valence-electron chi connectivity index (χ0n) is 10.3. The Labute approximate surface area is 128 Å². The Bertz CT molecular complexity index is 599. The SMILES string of the molecule is Cc1cc(Br)ccc1C(O)Cc1ccc(F)c(Br)c1. The van der Waals surface area contributed by atoms with E-state index in [4.69, 9.17) is 0 Å². The maximum atomic E-state index is 13.2. The van der Waals surface area contributed by atoms with Crippen LogP contribution >= 0.6 is 31.9 Å². The van der Waals surface area contributed by atoms with E-state index < -0.39 is 6.10 Å². The van der Waals surface area contributed by atoms with E-state index in [1.807, 2.05) is 25.1 Å². The highest BCUT2D eigenvalue weighted by Crippen LogP contribution is 2.26. The van der Waals surface area contributed by atoms with Crippen LogP contribution in [0.2, 0.25) is 0 Å². The number of benzene rings is 2. The molecule has 1 atom stereocenters. The second kappa shape index (κ2) is 6.16. The standard InChI is InChI=1S/C15H13Br2FO/c1-9-6-11(16)3-4-12(9)15(19)8-10-2-5-14(18)13(17)7-10/h2-7,15,19H,8H2,1H3. The van der Waals surface area contributed by atoms with Crippen LogP contribution in [0.3, 0.4) is 0 Å². The monoisotopic (exact) mass is 386 g/mol. The van der Waals surface area contributed by atoms with Gasteiger partial charge in [-0.25, -0.2) is 4.39 Å². The minimum atomic E-state index is -0.592. The summed E-state index contributed by atoms with van der Waals surface area (Å²) in [5, 5.41) is 10.3. The summed E-state index contributed by atoms with van der Waals surface area (Å²) in [5.74, 6) is -0.293. The Kier molecular flexibility index (Phi) is 4.76. The summed E-state index contributed by atoms with van der Waals surface area (Å²) in [4.78, 5) is 0. The molecule has 0 spiro atoms. The Hall–Kier alpha value is -0.710. The number of hydrogen-bond acceptors (Lipinski definition) is 1. The van der Waals surface area contributed by atoms with Crippen LogP contribution < -0.4 is 0 Å². The highest BCUT2D eigenvalue weighted by Gasteiger charge is 2.12. The zero-order chi connectivity index (χ0) is 14.0. The van der Waals surface area contributed by atoms with Gasteiger partial charge in [-0.2, -0.15) is 0 Å². The summed E-state index contributed by atoms with van der Waals surface area (Å²) in [6, 6.07) is 10.6. The fourth-order valence-corrected chi connectivity index (χ4v) is 2.91. The molecule has 0 aromatic heterocycles. The van der Waals surface area contributed by atoms with Crippen molar-refractivity contribution in [2.75, 3.05) is 0 Å². The number of rotatable bonds is 3. The van der Waals surface area contributed by atoms with Crippen LogP contribution in [0.4, 0.5) is 4.39 Å². The molecular formula is C15H13Br2FO. The average molecular weight is 388 g/mol. The maximum absolute atomic E-state index is 13.2. The minimum absolute atomic E-state index is 0.293. The van der Waals surface area contributed by atoms with E-state index in [9.17, 15) is 9.50 Å². The molecule has 0 aliphatic rings. The van der Waals surface area contributed by atoms with Crippen molar-refractivity contribution in [1.29, 1.82) is 0 Å². The lowest BCUT2D eigenvalue weighted by atomic mass is 9.98. The lowest BCUT2D eigenvalue weighted by molar-refractivity contribution is 0.177. The maximum Gasteiger partial charge on any atom is 0.137 e. The molecule has 0 aliphatic carbocycles. The molecule has 0 bridgehead atoms. The largest absolute Gasteiger partial charge is 0.388 e. The van der Waals surface area contributed by atoms with Gasteiger partial charge in [0.1, 0.15) is 5.82 Å². The van der Waals surface area contributed by atoms with Gasteiger partial charge in [-0.3, -0.25) is 0 Å². The molecule has 0 fully saturated rings. The third-order valence-electron chi connectivity index (χ3n) is 3.00. The van der Waals surface area contributed by atoms with Crippen LogP contribution in [0.15, 0.2) is 45.3 Å². The van der Waals surface area contributed by atoms with E-state index in [0.717, 1.165) is 21.2 Å². The Morgan fingerprint density at radius 3 is 2.53 bits per heavy atom. The molecule has 2 aromatic rings. The molecule has 0 aliphatic heterocycles. The zero-order valence-corrected chi connectivity index (χ0v) is 13.5. The first kappa shape index (κ1) is 14.7. The lowest BCUT2D eigenvalue weighted by Gasteiger charge is -2.14. The van der Waals surface area contributed by atoms with Gasteiger partial charge < -0.3 is 5.11 Å². The van der Waals surface area contributed by atoms with E-state index in [1.54, 1.807) is 12.1 Å². The first-order valence-corrected chi connectivity index (χ1v) is 7.44. The van der Waals surface area contributed by atoms with Gasteiger partial charge >= 0.3 is 0 Å². The van der Waals surface area contributed by atoms with Crippen LogP contribution in [-0.2, 0) is 6.42 Å². The van der Waals surface area contributed by atoms with Crippen LogP contribution in [0.5, 0.6) is 0 Å². The molecule has 19 heavy (non-hydrogen) atoms. The van der Waals surface area contributed by atoms with Crippen LogP contribution in [0.1, 0.15) is 22.8 Å². The predicted octanol–water partition coefficient (Wildman–Crippen LogP) is 4.94. The summed E-state index contributed by atoms with van der Waals surface area (Å²) >= 11 is 6.55. The predicted molar refractivity (Wildman–Crippen MR) is 81.6 cm³/mol. The molecule has 0 radical (unpaired) electrons. The molecule has 1 unspecified atom stereocenters. The Balaban J connectivity index is 2.20. The van der Waals surface area contributed by atoms with Crippen LogP contribution in [0.25, 0.3) is 0 Å². The number of halogens is 3. The van der Waals surface area contributed by atoms with Gasteiger partial charge in [-0.05, 0) is 63.8 Å². The van der Waals surface area contributed by atoms with E-state index in [-0.39, 0.29) is 5.82 Å².